The number of ether oxygens (including phenoxy) is 1. The van der Waals surface area contributed by atoms with Gasteiger partial charge in [-0.2, -0.15) is 11.3 Å². The van der Waals surface area contributed by atoms with Crippen LogP contribution in [-0.4, -0.2) is 17.1 Å². The molecule has 0 fully saturated rings. The van der Waals surface area contributed by atoms with Gasteiger partial charge in [0.1, 0.15) is 0 Å². The number of esters is 1. The number of aromatic nitrogens is 1. The Bertz CT molecular complexity index is 1310. The van der Waals surface area contributed by atoms with Crippen LogP contribution in [0.2, 0.25) is 0 Å². The van der Waals surface area contributed by atoms with Crippen LogP contribution in [0.25, 0.3) is 6.08 Å². The Kier molecular flexibility index (Phi) is 6.07. The summed E-state index contributed by atoms with van der Waals surface area (Å²) in [5.41, 5.74) is 3.89. The number of benzene rings is 1. The first-order valence-corrected chi connectivity index (χ1v) is 12.0. The zero-order valence-corrected chi connectivity index (χ0v) is 19.5. The van der Waals surface area contributed by atoms with E-state index in [4.69, 9.17) is 4.74 Å². The molecule has 1 aliphatic heterocycles. The number of rotatable bonds is 5. The van der Waals surface area contributed by atoms with Crippen molar-refractivity contribution in [2.24, 2.45) is 4.99 Å². The Morgan fingerprint density at radius 2 is 2.00 bits per heavy atom. The molecule has 1 aromatic carbocycles. The van der Waals surface area contributed by atoms with Crippen molar-refractivity contribution in [1.82, 2.24) is 4.57 Å². The van der Waals surface area contributed by atoms with Gasteiger partial charge >= 0.3 is 5.97 Å². The molecule has 5 nitrogen and oxygen atoms in total. The Balaban J connectivity index is 1.94. The molecule has 0 bridgehead atoms. The van der Waals surface area contributed by atoms with Gasteiger partial charge in [-0.25, -0.2) is 9.79 Å². The lowest BCUT2D eigenvalue weighted by Gasteiger charge is -2.25. The number of hydrogen-bond acceptors (Lipinski definition) is 6. The average Bonchev–Trinajstić information content (AvgIpc) is 3.35. The maximum absolute atomic E-state index is 13.4. The van der Waals surface area contributed by atoms with E-state index in [-0.39, 0.29) is 12.2 Å². The fourth-order valence-corrected chi connectivity index (χ4v) is 5.34. The quantitative estimate of drug-likeness (QED) is 0.550. The molecule has 1 aliphatic rings. The third-order valence-corrected chi connectivity index (χ3v) is 6.96. The number of thiophene rings is 1. The zero-order chi connectivity index (χ0) is 22.1. The van der Waals surface area contributed by atoms with Crippen molar-refractivity contribution in [1.29, 1.82) is 0 Å². The number of carbonyl (C=O) groups is 1. The Morgan fingerprint density at radius 1 is 1.26 bits per heavy atom. The lowest BCUT2D eigenvalue weighted by Crippen LogP contribution is -2.39. The van der Waals surface area contributed by atoms with Gasteiger partial charge in [-0.15, -0.1) is 0 Å². The van der Waals surface area contributed by atoms with Gasteiger partial charge in [0.05, 0.1) is 28.5 Å². The van der Waals surface area contributed by atoms with Gasteiger partial charge in [-0.05, 0) is 59.4 Å². The molecule has 0 saturated heterocycles. The maximum Gasteiger partial charge on any atom is 0.338 e. The Labute approximate surface area is 188 Å². The first-order chi connectivity index (χ1) is 14.9. The second-order valence-electron chi connectivity index (χ2n) is 7.68. The summed E-state index contributed by atoms with van der Waals surface area (Å²) in [6.07, 6.45) is 1.88. The van der Waals surface area contributed by atoms with Crippen molar-refractivity contribution in [3.63, 3.8) is 0 Å². The summed E-state index contributed by atoms with van der Waals surface area (Å²) in [5, 5.41) is 3.97. The Hall–Kier alpha value is -2.77. The van der Waals surface area contributed by atoms with E-state index in [1.807, 2.05) is 35.0 Å². The molecule has 0 N–H and O–H groups in total. The molecule has 0 saturated carbocycles. The first kappa shape index (κ1) is 21.5. The summed E-state index contributed by atoms with van der Waals surface area (Å²) >= 11 is 2.93. The van der Waals surface area contributed by atoms with E-state index < -0.39 is 12.0 Å². The topological polar surface area (TPSA) is 60.7 Å². The summed E-state index contributed by atoms with van der Waals surface area (Å²) in [5.74, 6) is -0.0442. The number of nitrogens with zero attached hydrogens (tertiary/aromatic N) is 2. The minimum atomic E-state index is -0.568. The number of thiazole rings is 1. The van der Waals surface area contributed by atoms with Gasteiger partial charge in [0.25, 0.3) is 5.56 Å². The third kappa shape index (κ3) is 4.07. The molecule has 1 atom stereocenters. The molecule has 2 aromatic heterocycles. The van der Waals surface area contributed by atoms with Gasteiger partial charge in [0.2, 0.25) is 0 Å². The van der Waals surface area contributed by atoms with Crippen LogP contribution in [-0.2, 0) is 9.53 Å². The molecule has 31 heavy (non-hydrogen) atoms. The minimum absolute atomic E-state index is 0.151. The molecule has 0 spiro atoms. The molecule has 3 aromatic rings. The van der Waals surface area contributed by atoms with E-state index in [2.05, 4.69) is 31.0 Å². The summed E-state index contributed by atoms with van der Waals surface area (Å²) in [4.78, 5) is 31.5. The van der Waals surface area contributed by atoms with E-state index in [1.54, 1.807) is 29.8 Å². The molecular formula is C24H24N2O3S2. The number of carbonyl (C=O) groups excluding carboxylic acids is 1. The minimum Gasteiger partial charge on any atom is -0.463 e. The molecule has 160 valence electrons. The smallest absolute Gasteiger partial charge is 0.338 e. The number of allylic oxidation sites excluding steroid dienone is 1. The van der Waals surface area contributed by atoms with Crippen LogP contribution >= 0.6 is 22.7 Å². The molecule has 4 rings (SSSR count). The van der Waals surface area contributed by atoms with Crippen LogP contribution in [0, 0.1) is 0 Å². The molecular weight excluding hydrogens is 428 g/mol. The van der Waals surface area contributed by atoms with Crippen molar-refractivity contribution < 1.29 is 9.53 Å². The van der Waals surface area contributed by atoms with Crippen molar-refractivity contribution in [2.75, 3.05) is 6.61 Å². The molecule has 0 radical (unpaired) electrons. The van der Waals surface area contributed by atoms with E-state index in [0.717, 1.165) is 11.1 Å². The van der Waals surface area contributed by atoms with Crippen molar-refractivity contribution in [2.45, 2.75) is 39.7 Å². The van der Waals surface area contributed by atoms with Crippen LogP contribution in [0.1, 0.15) is 56.3 Å². The highest BCUT2D eigenvalue weighted by molar-refractivity contribution is 7.08. The predicted octanol–water partition coefficient (Wildman–Crippen LogP) is 3.98. The summed E-state index contributed by atoms with van der Waals surface area (Å²) < 4.78 is 7.56. The van der Waals surface area contributed by atoms with Gasteiger partial charge in [0, 0.05) is 0 Å². The standard InChI is InChI=1S/C24H24N2O3S2/c1-5-29-23(28)20-15(4)25-24-26(21(20)18-8-6-17(7-9-18)14(2)3)22(27)19(31-24)12-16-10-11-30-13-16/h6-14,21H,5H2,1-4H3/b19-12-. The normalized spacial score (nSPS) is 16.4. The second-order valence-corrected chi connectivity index (χ2v) is 9.47. The van der Waals surface area contributed by atoms with E-state index in [1.165, 1.54) is 16.9 Å². The number of fused-ring (bicyclic) bond motifs is 1. The summed E-state index contributed by atoms with van der Waals surface area (Å²) in [6.45, 7) is 8.11. The van der Waals surface area contributed by atoms with E-state index >= 15 is 0 Å². The molecule has 7 heteroatoms. The maximum atomic E-state index is 13.4. The van der Waals surface area contributed by atoms with Gasteiger partial charge in [-0.1, -0.05) is 49.4 Å². The van der Waals surface area contributed by atoms with Crippen LogP contribution < -0.4 is 14.9 Å². The number of hydrogen-bond donors (Lipinski definition) is 0. The molecule has 3 heterocycles. The van der Waals surface area contributed by atoms with Gasteiger partial charge in [-0.3, -0.25) is 9.36 Å². The van der Waals surface area contributed by atoms with Crippen molar-refractivity contribution in [3.05, 3.63) is 88.7 Å². The largest absolute Gasteiger partial charge is 0.463 e. The average molecular weight is 453 g/mol. The highest BCUT2D eigenvalue weighted by atomic mass is 32.1. The van der Waals surface area contributed by atoms with E-state index in [0.29, 0.717) is 26.5 Å². The van der Waals surface area contributed by atoms with Crippen LogP contribution in [0.15, 0.2) is 62.1 Å². The predicted molar refractivity (Wildman–Crippen MR) is 125 cm³/mol. The highest BCUT2D eigenvalue weighted by Crippen LogP contribution is 2.31. The molecule has 0 amide bonds. The van der Waals surface area contributed by atoms with Gasteiger partial charge in [0.15, 0.2) is 4.80 Å². The lowest BCUT2D eigenvalue weighted by atomic mass is 9.93. The monoisotopic (exact) mass is 452 g/mol. The van der Waals surface area contributed by atoms with Crippen LogP contribution in [0.3, 0.4) is 0 Å². The summed E-state index contributed by atoms with van der Waals surface area (Å²) in [7, 11) is 0. The molecule has 1 unspecified atom stereocenters. The lowest BCUT2D eigenvalue weighted by molar-refractivity contribution is -0.139. The van der Waals surface area contributed by atoms with Crippen molar-refractivity contribution >= 4 is 34.7 Å². The third-order valence-electron chi connectivity index (χ3n) is 5.28. The van der Waals surface area contributed by atoms with Gasteiger partial charge < -0.3 is 4.74 Å². The first-order valence-electron chi connectivity index (χ1n) is 10.2. The Morgan fingerprint density at radius 3 is 2.61 bits per heavy atom. The fraction of sp³-hybridized carbons (Fsp3) is 0.292. The summed E-state index contributed by atoms with van der Waals surface area (Å²) in [6, 6.07) is 9.50. The highest BCUT2D eigenvalue weighted by Gasteiger charge is 2.33. The van der Waals surface area contributed by atoms with E-state index in [9.17, 15) is 9.59 Å². The zero-order valence-electron chi connectivity index (χ0n) is 17.9. The SMILES string of the molecule is CCOC(=O)C1=C(C)N=c2s/c(=C\c3ccsc3)c(=O)n2C1c1ccc(C(C)C)cc1. The molecule has 0 aliphatic carbocycles. The van der Waals surface area contributed by atoms with Crippen LogP contribution in [0.4, 0.5) is 0 Å². The fourth-order valence-electron chi connectivity index (χ4n) is 3.68. The second kappa shape index (κ2) is 8.77. The van der Waals surface area contributed by atoms with Crippen molar-refractivity contribution in [3.8, 4) is 0 Å². The van der Waals surface area contributed by atoms with Crippen LogP contribution in [0.5, 0.6) is 0 Å².